The van der Waals surface area contributed by atoms with Crippen molar-refractivity contribution in [2.24, 2.45) is 4.99 Å². The lowest BCUT2D eigenvalue weighted by Gasteiger charge is -2.09. The lowest BCUT2D eigenvalue weighted by Crippen LogP contribution is -2.17. The number of hydrogen-bond acceptors (Lipinski definition) is 4. The summed E-state index contributed by atoms with van der Waals surface area (Å²) < 4.78 is 41.6. The topological polar surface area (TPSA) is 74.7 Å². The van der Waals surface area contributed by atoms with Gasteiger partial charge in [-0.3, -0.25) is 4.79 Å². The van der Waals surface area contributed by atoms with E-state index >= 15 is 0 Å². The van der Waals surface area contributed by atoms with Gasteiger partial charge >= 0.3 is 6.36 Å². The van der Waals surface area contributed by atoms with Crippen molar-refractivity contribution in [3.8, 4) is 11.6 Å². The number of hydrogen-bond donors (Lipinski definition) is 2. The highest BCUT2D eigenvalue weighted by Gasteiger charge is 2.34. The van der Waals surface area contributed by atoms with Crippen molar-refractivity contribution in [1.29, 1.82) is 0 Å². The third kappa shape index (κ3) is 2.42. The molecule has 0 radical (unpaired) electrons. The molecule has 1 aliphatic rings. The Bertz CT molecular complexity index is 1050. The van der Waals surface area contributed by atoms with Gasteiger partial charge in [0.05, 0.1) is 16.8 Å². The quantitative estimate of drug-likeness (QED) is 0.734. The summed E-state index contributed by atoms with van der Waals surface area (Å²) in [6.07, 6.45) is -4.88. The lowest BCUT2D eigenvalue weighted by molar-refractivity contribution is -0.274. The number of aromatic nitrogens is 1. The zero-order valence-corrected chi connectivity index (χ0v) is 12.4. The van der Waals surface area contributed by atoms with E-state index in [0.29, 0.717) is 11.3 Å². The molecule has 1 aliphatic heterocycles. The number of fused-ring (bicyclic) bond motifs is 2. The highest BCUT2D eigenvalue weighted by atomic mass is 19.4. The Labute approximate surface area is 138 Å². The van der Waals surface area contributed by atoms with E-state index in [9.17, 15) is 23.1 Å². The minimum Gasteiger partial charge on any atom is -0.494 e. The Kier molecular flexibility index (Phi) is 3.11. The molecule has 0 amide bonds. The molecular weight excluding hydrogens is 337 g/mol. The van der Waals surface area contributed by atoms with Crippen LogP contribution in [0.15, 0.2) is 47.5 Å². The zero-order valence-electron chi connectivity index (χ0n) is 12.4. The van der Waals surface area contributed by atoms with Crippen LogP contribution in [-0.2, 0) is 0 Å². The summed E-state index contributed by atoms with van der Waals surface area (Å²) in [6.45, 7) is 0. The molecule has 0 bridgehead atoms. The smallest absolute Gasteiger partial charge is 0.494 e. The van der Waals surface area contributed by atoms with E-state index in [0.717, 1.165) is 6.07 Å². The molecule has 0 aliphatic carbocycles. The summed E-state index contributed by atoms with van der Waals surface area (Å²) in [7, 11) is 0. The van der Waals surface area contributed by atoms with E-state index in [-0.39, 0.29) is 22.2 Å². The van der Waals surface area contributed by atoms with Crippen LogP contribution in [0, 0.1) is 0 Å². The second-order valence-electron chi connectivity index (χ2n) is 5.38. The number of alkyl halides is 3. The first-order valence-corrected chi connectivity index (χ1v) is 7.17. The van der Waals surface area contributed by atoms with Crippen LogP contribution in [0.25, 0.3) is 10.9 Å². The molecule has 3 aromatic rings. The fourth-order valence-corrected chi connectivity index (χ4v) is 2.86. The maximum absolute atomic E-state index is 12.5. The van der Waals surface area contributed by atoms with Crippen molar-refractivity contribution in [3.63, 3.8) is 0 Å². The Morgan fingerprint density at radius 1 is 1.08 bits per heavy atom. The number of rotatable bonds is 2. The normalized spacial score (nSPS) is 13.9. The monoisotopic (exact) mass is 346 g/mol. The number of Topliss-reactive ketones (excluding diaryl/α,β-unsaturated/α-hetero) is 1. The third-order valence-electron chi connectivity index (χ3n) is 3.83. The minimum atomic E-state index is -4.88. The van der Waals surface area contributed by atoms with Gasteiger partial charge in [0.2, 0.25) is 5.78 Å². The van der Waals surface area contributed by atoms with Crippen LogP contribution < -0.4 is 4.74 Å². The van der Waals surface area contributed by atoms with Crippen LogP contribution >= 0.6 is 0 Å². The van der Waals surface area contributed by atoms with Gasteiger partial charge in [0.1, 0.15) is 5.71 Å². The van der Waals surface area contributed by atoms with Gasteiger partial charge < -0.3 is 14.8 Å². The molecular formula is C17H9F3N2O3. The van der Waals surface area contributed by atoms with Gasteiger partial charge in [-0.1, -0.05) is 24.3 Å². The average Bonchev–Trinajstić information content (AvgIpc) is 3.04. The van der Waals surface area contributed by atoms with E-state index in [2.05, 4.69) is 14.7 Å². The van der Waals surface area contributed by atoms with E-state index in [1.165, 1.54) is 12.1 Å². The standard InChI is InChI=1S/C17H9F3N2O3/c18-17(19,20)25-11-7-3-5-9-12(16(24)22-13(9)11)14-15(23)8-4-1-2-6-10(8)21-14/h1-7,22,24H. The Hall–Kier alpha value is -3.29. The number of para-hydroxylation sites is 2. The number of aromatic hydroxyl groups is 1. The molecule has 2 heterocycles. The Morgan fingerprint density at radius 3 is 2.56 bits per heavy atom. The number of aliphatic imine (C=N–C) groups is 1. The summed E-state index contributed by atoms with van der Waals surface area (Å²) >= 11 is 0. The Balaban J connectivity index is 1.89. The lowest BCUT2D eigenvalue weighted by atomic mass is 10.0. The number of halogens is 3. The average molecular weight is 346 g/mol. The maximum atomic E-state index is 12.5. The van der Waals surface area contributed by atoms with E-state index in [4.69, 9.17) is 0 Å². The van der Waals surface area contributed by atoms with Crippen LogP contribution in [0.3, 0.4) is 0 Å². The molecule has 5 nitrogen and oxygen atoms in total. The number of ketones is 1. The van der Waals surface area contributed by atoms with Crippen LogP contribution in [0.4, 0.5) is 18.9 Å². The molecule has 0 spiro atoms. The van der Waals surface area contributed by atoms with Gasteiger partial charge in [-0.15, -0.1) is 13.2 Å². The summed E-state index contributed by atoms with van der Waals surface area (Å²) in [4.78, 5) is 19.2. The molecule has 25 heavy (non-hydrogen) atoms. The number of ether oxygens (including phenoxy) is 1. The first kappa shape index (κ1) is 15.3. The van der Waals surface area contributed by atoms with Crippen molar-refractivity contribution in [1.82, 2.24) is 4.98 Å². The molecule has 1 aromatic heterocycles. The van der Waals surface area contributed by atoms with Crippen LogP contribution in [0.1, 0.15) is 15.9 Å². The predicted octanol–water partition coefficient (Wildman–Crippen LogP) is 4.09. The summed E-state index contributed by atoms with van der Waals surface area (Å²) in [6, 6.07) is 10.6. The van der Waals surface area contributed by atoms with Crippen LogP contribution in [0.2, 0.25) is 0 Å². The van der Waals surface area contributed by atoms with Crippen molar-refractivity contribution in [3.05, 3.63) is 53.6 Å². The van der Waals surface area contributed by atoms with Gasteiger partial charge in [0.15, 0.2) is 11.6 Å². The molecule has 0 unspecified atom stereocenters. The third-order valence-corrected chi connectivity index (χ3v) is 3.83. The van der Waals surface area contributed by atoms with Gasteiger partial charge in [0, 0.05) is 10.9 Å². The summed E-state index contributed by atoms with van der Waals surface area (Å²) in [5, 5.41) is 10.4. The van der Waals surface area contributed by atoms with E-state index < -0.39 is 23.8 Å². The molecule has 4 rings (SSSR count). The molecule has 0 saturated carbocycles. The van der Waals surface area contributed by atoms with Gasteiger partial charge in [-0.05, 0) is 18.2 Å². The second-order valence-corrected chi connectivity index (χ2v) is 5.38. The SMILES string of the molecule is O=C1C(c2c(O)[nH]c3c(OC(F)(F)F)cccc23)=Nc2ccccc21. The number of carbonyl (C=O) groups is 1. The van der Waals surface area contributed by atoms with Gasteiger partial charge in [-0.2, -0.15) is 0 Å². The number of nitrogens with one attached hydrogen (secondary N) is 1. The first-order chi connectivity index (χ1) is 11.8. The first-order valence-electron chi connectivity index (χ1n) is 7.17. The highest BCUT2D eigenvalue weighted by molar-refractivity contribution is 6.56. The molecule has 0 fully saturated rings. The number of benzene rings is 2. The van der Waals surface area contributed by atoms with E-state index in [1.807, 2.05) is 0 Å². The minimum absolute atomic E-state index is 0.0332. The molecule has 2 aromatic carbocycles. The molecule has 0 atom stereocenters. The number of nitrogens with zero attached hydrogens (tertiary/aromatic N) is 1. The molecule has 8 heteroatoms. The molecule has 0 saturated heterocycles. The number of carbonyl (C=O) groups excluding carboxylic acids is 1. The van der Waals surface area contributed by atoms with Crippen molar-refractivity contribution < 1.29 is 27.8 Å². The summed E-state index contributed by atoms with van der Waals surface area (Å²) in [5.74, 6) is -1.36. The molecule has 2 N–H and O–H groups in total. The van der Waals surface area contributed by atoms with Crippen LogP contribution in [-0.4, -0.2) is 27.9 Å². The fraction of sp³-hybridized carbons (Fsp3) is 0.0588. The largest absolute Gasteiger partial charge is 0.573 e. The van der Waals surface area contributed by atoms with Gasteiger partial charge in [0.25, 0.3) is 0 Å². The summed E-state index contributed by atoms with van der Waals surface area (Å²) in [5.41, 5.74) is 0.754. The zero-order chi connectivity index (χ0) is 17.8. The Morgan fingerprint density at radius 2 is 1.84 bits per heavy atom. The van der Waals surface area contributed by atoms with Crippen LogP contribution in [0.5, 0.6) is 11.6 Å². The number of H-pyrrole nitrogens is 1. The van der Waals surface area contributed by atoms with Crippen molar-refractivity contribution >= 4 is 28.1 Å². The molecule has 126 valence electrons. The number of aromatic amines is 1. The maximum Gasteiger partial charge on any atom is 0.573 e. The fourth-order valence-electron chi connectivity index (χ4n) is 2.86. The highest BCUT2D eigenvalue weighted by Crippen LogP contribution is 2.38. The second kappa shape index (κ2) is 5.10. The predicted molar refractivity (Wildman–Crippen MR) is 83.6 cm³/mol. The van der Waals surface area contributed by atoms with E-state index in [1.54, 1.807) is 24.3 Å². The van der Waals surface area contributed by atoms with Crippen molar-refractivity contribution in [2.45, 2.75) is 6.36 Å². The van der Waals surface area contributed by atoms with Crippen molar-refractivity contribution in [2.75, 3.05) is 0 Å². The van der Waals surface area contributed by atoms with Gasteiger partial charge in [-0.25, -0.2) is 4.99 Å².